The zero-order valence-electron chi connectivity index (χ0n) is 15.0. The quantitative estimate of drug-likeness (QED) is 0.563. The number of anilines is 1. The highest BCUT2D eigenvalue weighted by atomic mass is 32.2. The molecule has 1 aliphatic rings. The third-order valence-corrected chi connectivity index (χ3v) is 5.11. The maximum absolute atomic E-state index is 14.7. The molecule has 4 rings (SSSR count). The van der Waals surface area contributed by atoms with Gasteiger partial charge in [-0.2, -0.15) is 0 Å². The maximum Gasteiger partial charge on any atom is 0.414 e. The van der Waals surface area contributed by atoms with Crippen molar-refractivity contribution in [2.45, 2.75) is 11.0 Å². The standard InChI is InChI=1S/C20H17FN2O4S/c1-28-16-5-2-13(3-6-16)17-7-4-14(10-18(17)21)23-11-15(27-20(23)24)12-25-19-8-9-26-22-19/h2-10,15H,11-12H2,1H3/t15-/m1/s1. The van der Waals surface area contributed by atoms with E-state index < -0.39 is 18.0 Å². The number of aromatic nitrogens is 1. The minimum atomic E-state index is -0.537. The van der Waals surface area contributed by atoms with Gasteiger partial charge >= 0.3 is 6.09 Å². The normalized spacial score (nSPS) is 16.3. The van der Waals surface area contributed by atoms with Crippen molar-refractivity contribution in [2.75, 3.05) is 24.3 Å². The average molecular weight is 400 g/mol. The van der Waals surface area contributed by atoms with Crippen molar-refractivity contribution in [2.24, 2.45) is 0 Å². The zero-order valence-corrected chi connectivity index (χ0v) is 15.8. The van der Waals surface area contributed by atoms with Gasteiger partial charge in [0.25, 0.3) is 5.88 Å². The van der Waals surface area contributed by atoms with Crippen LogP contribution >= 0.6 is 11.8 Å². The van der Waals surface area contributed by atoms with Crippen LogP contribution < -0.4 is 9.64 Å². The number of hydrogen-bond acceptors (Lipinski definition) is 6. The number of carbonyl (C=O) groups excluding carboxylic acids is 1. The highest BCUT2D eigenvalue weighted by Gasteiger charge is 2.33. The number of nitrogens with zero attached hydrogens (tertiary/aromatic N) is 2. The minimum absolute atomic E-state index is 0.136. The van der Waals surface area contributed by atoms with Gasteiger partial charge in [-0.15, -0.1) is 11.8 Å². The molecule has 0 aliphatic carbocycles. The average Bonchev–Trinajstić information content (AvgIpc) is 3.36. The van der Waals surface area contributed by atoms with E-state index in [0.29, 0.717) is 17.1 Å². The molecular weight excluding hydrogens is 383 g/mol. The molecule has 2 heterocycles. The summed E-state index contributed by atoms with van der Waals surface area (Å²) in [6.07, 6.45) is 2.36. The number of halogens is 1. The van der Waals surface area contributed by atoms with Crippen LogP contribution in [0.3, 0.4) is 0 Å². The second-order valence-corrected chi connectivity index (χ2v) is 7.04. The topological polar surface area (TPSA) is 64.8 Å². The lowest BCUT2D eigenvalue weighted by Crippen LogP contribution is -2.26. The molecule has 0 radical (unpaired) electrons. The summed E-state index contributed by atoms with van der Waals surface area (Å²) in [6.45, 7) is 0.398. The third kappa shape index (κ3) is 3.82. The number of cyclic esters (lactones) is 1. The third-order valence-electron chi connectivity index (χ3n) is 4.37. The highest BCUT2D eigenvalue weighted by Crippen LogP contribution is 2.30. The summed E-state index contributed by atoms with van der Waals surface area (Å²) < 4.78 is 30.1. The Hall–Kier alpha value is -3.00. The lowest BCUT2D eigenvalue weighted by Gasteiger charge is -2.14. The lowest BCUT2D eigenvalue weighted by molar-refractivity contribution is 0.102. The fourth-order valence-corrected chi connectivity index (χ4v) is 3.36. The fourth-order valence-electron chi connectivity index (χ4n) is 2.95. The smallest absolute Gasteiger partial charge is 0.414 e. The van der Waals surface area contributed by atoms with Crippen LogP contribution in [-0.2, 0) is 4.74 Å². The monoisotopic (exact) mass is 400 g/mol. The molecule has 3 aromatic rings. The van der Waals surface area contributed by atoms with E-state index in [2.05, 4.69) is 9.68 Å². The van der Waals surface area contributed by atoms with Gasteiger partial charge in [-0.1, -0.05) is 12.1 Å². The zero-order chi connectivity index (χ0) is 19.5. The van der Waals surface area contributed by atoms with Crippen molar-refractivity contribution < 1.29 is 23.2 Å². The molecule has 6 nitrogen and oxygen atoms in total. The molecule has 144 valence electrons. The van der Waals surface area contributed by atoms with Gasteiger partial charge in [0.2, 0.25) is 0 Å². The van der Waals surface area contributed by atoms with Crippen LogP contribution in [0.15, 0.2) is 64.2 Å². The first-order chi connectivity index (χ1) is 13.6. The molecular formula is C20H17FN2O4S. The molecule has 0 saturated carbocycles. The Bertz CT molecular complexity index is 963. The van der Waals surface area contributed by atoms with Gasteiger partial charge in [0.05, 0.1) is 12.2 Å². The molecule has 0 unspecified atom stereocenters. The van der Waals surface area contributed by atoms with Gasteiger partial charge in [-0.3, -0.25) is 4.90 Å². The molecule has 0 spiro atoms. The van der Waals surface area contributed by atoms with E-state index >= 15 is 0 Å². The van der Waals surface area contributed by atoms with Crippen LogP contribution in [0.4, 0.5) is 14.9 Å². The van der Waals surface area contributed by atoms with Crippen LogP contribution in [0, 0.1) is 5.82 Å². The van der Waals surface area contributed by atoms with Crippen LogP contribution in [0.5, 0.6) is 5.88 Å². The van der Waals surface area contributed by atoms with Crippen LogP contribution in [0.2, 0.25) is 0 Å². The van der Waals surface area contributed by atoms with Crippen molar-refractivity contribution in [3.05, 3.63) is 60.6 Å². The van der Waals surface area contributed by atoms with E-state index in [0.717, 1.165) is 10.5 Å². The van der Waals surface area contributed by atoms with Gasteiger partial charge in [-0.05, 0) is 47.3 Å². The second-order valence-electron chi connectivity index (χ2n) is 6.16. The molecule has 1 aromatic heterocycles. The van der Waals surface area contributed by atoms with E-state index in [1.807, 2.05) is 30.5 Å². The van der Waals surface area contributed by atoms with Crippen molar-refractivity contribution >= 4 is 23.5 Å². The fraction of sp³-hybridized carbons (Fsp3) is 0.200. The molecule has 1 atom stereocenters. The minimum Gasteiger partial charge on any atom is -0.471 e. The summed E-state index contributed by atoms with van der Waals surface area (Å²) in [6, 6.07) is 14.0. The molecule has 0 bridgehead atoms. The molecule has 8 heteroatoms. The first-order valence-electron chi connectivity index (χ1n) is 8.59. The Kier molecular flexibility index (Phi) is 5.21. The number of benzene rings is 2. The van der Waals surface area contributed by atoms with E-state index in [1.54, 1.807) is 30.0 Å². The molecule has 1 fully saturated rings. The Balaban J connectivity index is 1.46. The second kappa shape index (κ2) is 7.93. The number of carbonyl (C=O) groups is 1. The Labute approximate surface area is 165 Å². The first kappa shape index (κ1) is 18.4. The number of thioether (sulfide) groups is 1. The maximum atomic E-state index is 14.7. The summed E-state index contributed by atoms with van der Waals surface area (Å²) in [5.41, 5.74) is 1.70. The van der Waals surface area contributed by atoms with Gasteiger partial charge in [0, 0.05) is 16.5 Å². The predicted octanol–water partition coefficient (Wildman–Crippen LogP) is 4.61. The van der Waals surface area contributed by atoms with Crippen molar-refractivity contribution in [3.63, 3.8) is 0 Å². The van der Waals surface area contributed by atoms with E-state index in [-0.39, 0.29) is 13.2 Å². The van der Waals surface area contributed by atoms with Gasteiger partial charge in [0.15, 0.2) is 6.10 Å². The van der Waals surface area contributed by atoms with Gasteiger partial charge < -0.3 is 14.0 Å². The number of rotatable bonds is 6. The molecule has 28 heavy (non-hydrogen) atoms. The molecule has 2 aromatic carbocycles. The molecule has 0 N–H and O–H groups in total. The summed E-state index contributed by atoms with van der Waals surface area (Å²) in [7, 11) is 0. The largest absolute Gasteiger partial charge is 0.471 e. The van der Waals surface area contributed by atoms with E-state index in [9.17, 15) is 9.18 Å². The van der Waals surface area contributed by atoms with Crippen LogP contribution in [0.25, 0.3) is 11.1 Å². The highest BCUT2D eigenvalue weighted by molar-refractivity contribution is 7.98. The molecule has 1 aliphatic heterocycles. The van der Waals surface area contributed by atoms with Crippen molar-refractivity contribution in [1.29, 1.82) is 0 Å². The Morgan fingerprint density at radius 1 is 1.25 bits per heavy atom. The van der Waals surface area contributed by atoms with E-state index in [1.165, 1.54) is 17.2 Å². The van der Waals surface area contributed by atoms with Crippen LogP contribution in [0.1, 0.15) is 0 Å². The molecule has 1 saturated heterocycles. The number of ether oxygens (including phenoxy) is 2. The summed E-state index contributed by atoms with van der Waals surface area (Å²) >= 11 is 1.63. The number of amides is 1. The lowest BCUT2D eigenvalue weighted by atomic mass is 10.0. The Morgan fingerprint density at radius 2 is 2.07 bits per heavy atom. The summed E-state index contributed by atoms with van der Waals surface area (Å²) in [5, 5.41) is 3.63. The predicted molar refractivity (Wildman–Crippen MR) is 103 cm³/mol. The van der Waals surface area contributed by atoms with Crippen LogP contribution in [-0.4, -0.2) is 36.8 Å². The SMILES string of the molecule is CSc1ccc(-c2ccc(N3C[C@H](COc4ccon4)OC3=O)cc2F)cc1. The van der Waals surface area contributed by atoms with Gasteiger partial charge in [-0.25, -0.2) is 9.18 Å². The summed E-state index contributed by atoms with van der Waals surface area (Å²) in [4.78, 5) is 14.7. The van der Waals surface area contributed by atoms with Gasteiger partial charge in [0.1, 0.15) is 18.7 Å². The Morgan fingerprint density at radius 3 is 2.75 bits per heavy atom. The van der Waals surface area contributed by atoms with Crippen molar-refractivity contribution in [1.82, 2.24) is 5.16 Å². The first-order valence-corrected chi connectivity index (χ1v) is 9.82. The van der Waals surface area contributed by atoms with Crippen molar-refractivity contribution in [3.8, 4) is 17.0 Å². The molecule has 1 amide bonds. The summed E-state index contributed by atoms with van der Waals surface area (Å²) in [5.74, 6) is -0.0816. The number of hydrogen-bond donors (Lipinski definition) is 0. The van der Waals surface area contributed by atoms with E-state index in [4.69, 9.17) is 9.47 Å².